The third-order valence-electron chi connectivity index (χ3n) is 1.46. The molecule has 80 valence electrons. The standard InChI is InChI=1S/C10H17O3P/c1-5-8-9-10(4)14(11,12-6-2)13-7-3/h9H,6-7H2,1-4H3. The van der Waals surface area contributed by atoms with E-state index >= 15 is 0 Å². The van der Waals surface area contributed by atoms with Crippen molar-refractivity contribution in [2.24, 2.45) is 0 Å². The maximum Gasteiger partial charge on any atom is 0.357 e. The first-order chi connectivity index (χ1) is 6.60. The highest BCUT2D eigenvalue weighted by Crippen LogP contribution is 2.55. The second-order valence-electron chi connectivity index (χ2n) is 2.51. The van der Waals surface area contributed by atoms with Gasteiger partial charge < -0.3 is 9.05 Å². The molecule has 0 heterocycles. The highest BCUT2D eigenvalue weighted by molar-refractivity contribution is 7.58. The molecule has 0 aromatic rings. The molecule has 0 atom stereocenters. The van der Waals surface area contributed by atoms with Crippen molar-refractivity contribution in [3.63, 3.8) is 0 Å². The first-order valence-electron chi connectivity index (χ1n) is 4.59. The lowest BCUT2D eigenvalue weighted by molar-refractivity contribution is 0.226. The zero-order valence-corrected chi connectivity index (χ0v) is 10.1. The molecule has 0 radical (unpaired) electrons. The number of hydrogen-bond acceptors (Lipinski definition) is 3. The maximum absolute atomic E-state index is 12.0. The van der Waals surface area contributed by atoms with Crippen molar-refractivity contribution >= 4 is 7.60 Å². The molecular formula is C10H17O3P. The largest absolute Gasteiger partial charge is 0.357 e. The summed E-state index contributed by atoms with van der Waals surface area (Å²) < 4.78 is 22.3. The van der Waals surface area contributed by atoms with Crippen LogP contribution >= 0.6 is 7.60 Å². The van der Waals surface area contributed by atoms with Crippen molar-refractivity contribution < 1.29 is 13.6 Å². The van der Waals surface area contributed by atoms with Crippen LogP contribution in [0.25, 0.3) is 0 Å². The Labute approximate surface area is 86.0 Å². The summed E-state index contributed by atoms with van der Waals surface area (Å²) in [6, 6.07) is 0. The fraction of sp³-hybridized carbons (Fsp3) is 0.600. The van der Waals surface area contributed by atoms with Crippen LogP contribution in [-0.2, 0) is 13.6 Å². The number of allylic oxidation sites excluding steroid dienone is 2. The van der Waals surface area contributed by atoms with Gasteiger partial charge in [-0.3, -0.25) is 4.57 Å². The van der Waals surface area contributed by atoms with E-state index in [-0.39, 0.29) is 0 Å². The lowest BCUT2D eigenvalue weighted by Crippen LogP contribution is -1.96. The van der Waals surface area contributed by atoms with E-state index in [1.165, 1.54) is 0 Å². The Kier molecular flexibility index (Phi) is 6.57. The summed E-state index contributed by atoms with van der Waals surface area (Å²) >= 11 is 0. The lowest BCUT2D eigenvalue weighted by Gasteiger charge is -2.16. The van der Waals surface area contributed by atoms with E-state index in [0.29, 0.717) is 18.5 Å². The molecule has 0 amide bonds. The van der Waals surface area contributed by atoms with Crippen molar-refractivity contribution in [3.05, 3.63) is 11.4 Å². The highest BCUT2D eigenvalue weighted by atomic mass is 31.2. The molecule has 0 unspecified atom stereocenters. The van der Waals surface area contributed by atoms with E-state index in [9.17, 15) is 4.57 Å². The van der Waals surface area contributed by atoms with Gasteiger partial charge in [-0.1, -0.05) is 5.92 Å². The quantitative estimate of drug-likeness (QED) is 0.523. The molecule has 0 aliphatic heterocycles. The fourth-order valence-corrected chi connectivity index (χ4v) is 2.22. The van der Waals surface area contributed by atoms with E-state index in [1.807, 2.05) is 0 Å². The van der Waals surface area contributed by atoms with Crippen LogP contribution in [0.3, 0.4) is 0 Å². The lowest BCUT2D eigenvalue weighted by atomic mass is 10.5. The predicted molar refractivity (Wildman–Crippen MR) is 58.1 cm³/mol. The van der Waals surface area contributed by atoms with E-state index in [4.69, 9.17) is 9.05 Å². The number of hydrogen-bond donors (Lipinski definition) is 0. The van der Waals surface area contributed by atoms with Crippen LogP contribution < -0.4 is 0 Å². The summed E-state index contributed by atoms with van der Waals surface area (Å²) in [5.74, 6) is 5.42. The first kappa shape index (κ1) is 13.4. The molecule has 4 heteroatoms. The molecule has 14 heavy (non-hydrogen) atoms. The van der Waals surface area contributed by atoms with Gasteiger partial charge in [0.25, 0.3) is 0 Å². The van der Waals surface area contributed by atoms with Crippen LogP contribution in [0, 0.1) is 11.8 Å². The van der Waals surface area contributed by atoms with E-state index in [0.717, 1.165) is 0 Å². The molecule has 0 aliphatic rings. The van der Waals surface area contributed by atoms with Gasteiger partial charge in [-0.25, -0.2) is 0 Å². The molecule has 0 aliphatic carbocycles. The molecule has 0 N–H and O–H groups in total. The van der Waals surface area contributed by atoms with Crippen molar-refractivity contribution in [1.29, 1.82) is 0 Å². The normalized spacial score (nSPS) is 12.1. The molecular weight excluding hydrogens is 199 g/mol. The summed E-state index contributed by atoms with van der Waals surface area (Å²) in [5.41, 5.74) is 0. The van der Waals surface area contributed by atoms with Crippen LogP contribution in [0.4, 0.5) is 0 Å². The van der Waals surface area contributed by atoms with Crippen LogP contribution in [-0.4, -0.2) is 13.2 Å². The van der Waals surface area contributed by atoms with E-state index in [2.05, 4.69) is 11.8 Å². The van der Waals surface area contributed by atoms with Gasteiger partial charge >= 0.3 is 7.60 Å². The maximum atomic E-state index is 12.0. The van der Waals surface area contributed by atoms with E-state index < -0.39 is 7.60 Å². The summed E-state index contributed by atoms with van der Waals surface area (Å²) in [7, 11) is -3.08. The van der Waals surface area contributed by atoms with Crippen LogP contribution in [0.1, 0.15) is 27.7 Å². The van der Waals surface area contributed by atoms with Gasteiger partial charge in [-0.2, -0.15) is 0 Å². The Morgan fingerprint density at radius 1 is 1.36 bits per heavy atom. The molecule has 0 saturated carbocycles. The second kappa shape index (κ2) is 6.84. The Bertz CT molecular complexity index is 286. The monoisotopic (exact) mass is 216 g/mol. The van der Waals surface area contributed by atoms with Gasteiger partial charge in [-0.05, 0) is 33.8 Å². The Morgan fingerprint density at radius 2 is 1.86 bits per heavy atom. The molecule has 3 nitrogen and oxygen atoms in total. The zero-order chi connectivity index (χ0) is 11.0. The summed E-state index contributed by atoms with van der Waals surface area (Å²) in [6.07, 6.45) is 1.58. The highest BCUT2D eigenvalue weighted by Gasteiger charge is 2.25. The zero-order valence-electron chi connectivity index (χ0n) is 9.16. The smallest absolute Gasteiger partial charge is 0.306 e. The molecule has 0 spiro atoms. The third kappa shape index (κ3) is 4.11. The fourth-order valence-electron chi connectivity index (χ4n) is 0.836. The third-order valence-corrected chi connectivity index (χ3v) is 3.64. The van der Waals surface area contributed by atoms with E-state index in [1.54, 1.807) is 33.8 Å². The molecule has 0 bridgehead atoms. The SMILES string of the molecule is CC#CC=C(C)P(=O)(OCC)OCC. The number of rotatable bonds is 5. The van der Waals surface area contributed by atoms with Gasteiger partial charge in [0.2, 0.25) is 0 Å². The van der Waals surface area contributed by atoms with Gasteiger partial charge in [0.05, 0.1) is 13.2 Å². The first-order valence-corrected chi connectivity index (χ1v) is 6.13. The van der Waals surface area contributed by atoms with Crippen molar-refractivity contribution in [2.45, 2.75) is 27.7 Å². The minimum absolute atomic E-state index is 0.363. The molecule has 0 aromatic carbocycles. The van der Waals surface area contributed by atoms with Crippen molar-refractivity contribution in [2.75, 3.05) is 13.2 Å². The molecule has 0 rings (SSSR count). The predicted octanol–water partition coefficient (Wildman–Crippen LogP) is 3.18. The van der Waals surface area contributed by atoms with Gasteiger partial charge in [0.1, 0.15) is 0 Å². The van der Waals surface area contributed by atoms with Crippen molar-refractivity contribution in [3.8, 4) is 11.8 Å². The minimum Gasteiger partial charge on any atom is -0.306 e. The average molecular weight is 216 g/mol. The molecule has 0 aromatic heterocycles. The Hall–Kier alpha value is -0.550. The molecule has 0 saturated heterocycles. The summed E-state index contributed by atoms with van der Waals surface area (Å²) in [6.45, 7) is 7.71. The van der Waals surface area contributed by atoms with Crippen LogP contribution in [0.2, 0.25) is 0 Å². The van der Waals surface area contributed by atoms with Gasteiger partial charge in [-0.15, -0.1) is 5.92 Å². The minimum atomic E-state index is -3.08. The van der Waals surface area contributed by atoms with Gasteiger partial charge in [0, 0.05) is 5.31 Å². The summed E-state index contributed by atoms with van der Waals surface area (Å²) in [4.78, 5) is 0. The van der Waals surface area contributed by atoms with Crippen LogP contribution in [0.15, 0.2) is 11.4 Å². The topological polar surface area (TPSA) is 35.5 Å². The summed E-state index contributed by atoms with van der Waals surface area (Å²) in [5, 5.41) is 0.551. The second-order valence-corrected chi connectivity index (χ2v) is 4.73. The van der Waals surface area contributed by atoms with Crippen molar-refractivity contribution in [1.82, 2.24) is 0 Å². The Balaban J connectivity index is 4.77. The molecule has 0 fully saturated rings. The average Bonchev–Trinajstić information content (AvgIpc) is 2.15. The van der Waals surface area contributed by atoms with Gasteiger partial charge in [0.15, 0.2) is 0 Å². The Morgan fingerprint density at radius 3 is 2.21 bits per heavy atom. The van der Waals surface area contributed by atoms with Crippen LogP contribution in [0.5, 0.6) is 0 Å².